The Morgan fingerprint density at radius 3 is 2.44 bits per heavy atom. The molecule has 0 aliphatic carbocycles. The molecule has 0 aromatic heterocycles. The quantitative estimate of drug-likeness (QED) is 0.505. The third kappa shape index (κ3) is 6.09. The van der Waals surface area contributed by atoms with Crippen LogP contribution >= 0.6 is 0 Å². The SMILES string of the molecule is CC(C)(C)CCOC(=O)/C=C/c1ccc(N)cc1. The van der Waals surface area contributed by atoms with Gasteiger partial charge in [-0.15, -0.1) is 0 Å². The van der Waals surface area contributed by atoms with Crippen LogP contribution < -0.4 is 5.73 Å². The first-order chi connectivity index (χ1) is 8.37. The van der Waals surface area contributed by atoms with E-state index in [2.05, 4.69) is 20.8 Å². The Bertz CT molecular complexity index is 413. The van der Waals surface area contributed by atoms with Crippen LogP contribution in [0.2, 0.25) is 0 Å². The Kier molecular flexibility index (Phi) is 4.95. The number of rotatable bonds is 4. The monoisotopic (exact) mass is 247 g/mol. The molecule has 0 atom stereocenters. The van der Waals surface area contributed by atoms with Gasteiger partial charge in [0.15, 0.2) is 0 Å². The molecule has 0 saturated carbocycles. The topological polar surface area (TPSA) is 52.3 Å². The molecule has 98 valence electrons. The Hall–Kier alpha value is -1.77. The van der Waals surface area contributed by atoms with Crippen LogP contribution in [0, 0.1) is 5.41 Å². The molecule has 1 aromatic carbocycles. The first-order valence-corrected chi connectivity index (χ1v) is 6.07. The highest BCUT2D eigenvalue weighted by molar-refractivity contribution is 5.87. The fourth-order valence-corrected chi connectivity index (χ4v) is 1.28. The summed E-state index contributed by atoms with van der Waals surface area (Å²) in [5, 5.41) is 0. The first-order valence-electron chi connectivity index (χ1n) is 6.07. The molecular formula is C15H21NO2. The highest BCUT2D eigenvalue weighted by Crippen LogP contribution is 2.17. The third-order valence-electron chi connectivity index (χ3n) is 2.44. The number of esters is 1. The molecule has 0 radical (unpaired) electrons. The van der Waals surface area contributed by atoms with E-state index in [0.717, 1.165) is 12.0 Å². The average Bonchev–Trinajstić information content (AvgIpc) is 2.26. The van der Waals surface area contributed by atoms with Gasteiger partial charge in [0.25, 0.3) is 0 Å². The minimum Gasteiger partial charge on any atom is -0.463 e. The standard InChI is InChI=1S/C15H21NO2/c1-15(2,3)10-11-18-14(17)9-6-12-4-7-13(16)8-5-12/h4-9H,10-11,16H2,1-3H3/b9-6+. The number of nitrogen functional groups attached to an aromatic ring is 1. The van der Waals surface area contributed by atoms with Gasteiger partial charge < -0.3 is 10.5 Å². The maximum atomic E-state index is 11.4. The van der Waals surface area contributed by atoms with E-state index in [1.54, 1.807) is 18.2 Å². The van der Waals surface area contributed by atoms with E-state index in [4.69, 9.17) is 10.5 Å². The lowest BCUT2D eigenvalue weighted by atomic mass is 9.93. The first kappa shape index (κ1) is 14.3. The summed E-state index contributed by atoms with van der Waals surface area (Å²) in [6, 6.07) is 7.30. The van der Waals surface area contributed by atoms with Gasteiger partial charge in [0.2, 0.25) is 0 Å². The summed E-state index contributed by atoms with van der Waals surface area (Å²) in [5.41, 5.74) is 7.39. The summed E-state index contributed by atoms with van der Waals surface area (Å²) >= 11 is 0. The maximum absolute atomic E-state index is 11.4. The van der Waals surface area contributed by atoms with Crippen LogP contribution in [0.4, 0.5) is 5.69 Å². The zero-order valence-corrected chi connectivity index (χ0v) is 11.3. The van der Waals surface area contributed by atoms with Gasteiger partial charge in [0.05, 0.1) is 6.61 Å². The van der Waals surface area contributed by atoms with E-state index in [0.29, 0.717) is 12.3 Å². The molecule has 0 heterocycles. The molecule has 0 saturated heterocycles. The normalized spacial score (nSPS) is 11.7. The molecular weight excluding hydrogens is 226 g/mol. The number of benzene rings is 1. The van der Waals surface area contributed by atoms with Gasteiger partial charge >= 0.3 is 5.97 Å². The summed E-state index contributed by atoms with van der Waals surface area (Å²) < 4.78 is 5.11. The van der Waals surface area contributed by atoms with Crippen LogP contribution in [0.15, 0.2) is 30.3 Å². The largest absolute Gasteiger partial charge is 0.463 e. The summed E-state index contributed by atoms with van der Waals surface area (Å²) in [6.45, 7) is 6.80. The summed E-state index contributed by atoms with van der Waals surface area (Å²) in [6.07, 6.45) is 4.02. The molecule has 0 aliphatic rings. The molecule has 0 amide bonds. The van der Waals surface area contributed by atoms with Crippen molar-refractivity contribution in [2.24, 2.45) is 5.41 Å². The number of hydrogen-bond donors (Lipinski definition) is 1. The van der Waals surface area contributed by atoms with Crippen molar-refractivity contribution < 1.29 is 9.53 Å². The predicted octanol–water partition coefficient (Wildman–Crippen LogP) is 3.26. The lowest BCUT2D eigenvalue weighted by molar-refractivity contribution is -0.138. The van der Waals surface area contributed by atoms with Crippen molar-refractivity contribution in [1.82, 2.24) is 0 Å². The van der Waals surface area contributed by atoms with Gasteiger partial charge in [0, 0.05) is 11.8 Å². The molecule has 3 nitrogen and oxygen atoms in total. The van der Waals surface area contributed by atoms with Crippen LogP contribution in [0.1, 0.15) is 32.8 Å². The number of ether oxygens (including phenoxy) is 1. The summed E-state index contributed by atoms with van der Waals surface area (Å²) in [7, 11) is 0. The van der Waals surface area contributed by atoms with E-state index in [-0.39, 0.29) is 11.4 Å². The van der Waals surface area contributed by atoms with E-state index < -0.39 is 0 Å². The minimum atomic E-state index is -0.309. The van der Waals surface area contributed by atoms with Crippen molar-refractivity contribution >= 4 is 17.7 Å². The summed E-state index contributed by atoms with van der Waals surface area (Å²) in [5.74, 6) is -0.309. The van der Waals surface area contributed by atoms with Crippen molar-refractivity contribution in [1.29, 1.82) is 0 Å². The lowest BCUT2D eigenvalue weighted by Gasteiger charge is -2.16. The maximum Gasteiger partial charge on any atom is 0.330 e. The number of carbonyl (C=O) groups is 1. The highest BCUT2D eigenvalue weighted by atomic mass is 16.5. The molecule has 1 aromatic rings. The molecule has 0 spiro atoms. The van der Waals surface area contributed by atoms with Crippen LogP contribution in [0.5, 0.6) is 0 Å². The van der Waals surface area contributed by atoms with Crippen LogP contribution in [0.25, 0.3) is 6.08 Å². The molecule has 0 unspecified atom stereocenters. The number of hydrogen-bond acceptors (Lipinski definition) is 3. The molecule has 18 heavy (non-hydrogen) atoms. The Labute approximate surface area is 109 Å². The fourth-order valence-electron chi connectivity index (χ4n) is 1.28. The Morgan fingerprint density at radius 1 is 1.28 bits per heavy atom. The van der Waals surface area contributed by atoms with Crippen molar-refractivity contribution in [3.63, 3.8) is 0 Å². The van der Waals surface area contributed by atoms with Crippen LogP contribution in [-0.4, -0.2) is 12.6 Å². The van der Waals surface area contributed by atoms with E-state index in [9.17, 15) is 4.79 Å². The number of nitrogens with two attached hydrogens (primary N) is 1. The molecule has 1 rings (SSSR count). The van der Waals surface area contributed by atoms with E-state index >= 15 is 0 Å². The number of carbonyl (C=O) groups excluding carboxylic acids is 1. The van der Waals surface area contributed by atoms with E-state index in [1.807, 2.05) is 12.1 Å². The lowest BCUT2D eigenvalue weighted by Crippen LogP contribution is -2.11. The second-order valence-electron chi connectivity index (χ2n) is 5.48. The van der Waals surface area contributed by atoms with Gasteiger partial charge in [-0.25, -0.2) is 4.79 Å². The zero-order chi connectivity index (χ0) is 13.6. The number of anilines is 1. The van der Waals surface area contributed by atoms with Crippen molar-refractivity contribution in [2.45, 2.75) is 27.2 Å². The van der Waals surface area contributed by atoms with Crippen LogP contribution in [-0.2, 0) is 9.53 Å². The molecule has 0 bridgehead atoms. The van der Waals surface area contributed by atoms with Crippen LogP contribution in [0.3, 0.4) is 0 Å². The third-order valence-corrected chi connectivity index (χ3v) is 2.44. The minimum absolute atomic E-state index is 0.181. The summed E-state index contributed by atoms with van der Waals surface area (Å²) in [4.78, 5) is 11.4. The van der Waals surface area contributed by atoms with Gasteiger partial charge in [-0.1, -0.05) is 32.9 Å². The fraction of sp³-hybridized carbons (Fsp3) is 0.400. The van der Waals surface area contributed by atoms with Gasteiger partial charge in [-0.05, 0) is 35.6 Å². The molecule has 0 fully saturated rings. The molecule has 2 N–H and O–H groups in total. The Morgan fingerprint density at radius 2 is 1.89 bits per heavy atom. The van der Waals surface area contributed by atoms with Crippen molar-refractivity contribution in [3.8, 4) is 0 Å². The van der Waals surface area contributed by atoms with Gasteiger partial charge in [-0.2, -0.15) is 0 Å². The van der Waals surface area contributed by atoms with Gasteiger partial charge in [-0.3, -0.25) is 0 Å². The smallest absolute Gasteiger partial charge is 0.330 e. The second kappa shape index (κ2) is 6.24. The highest BCUT2D eigenvalue weighted by Gasteiger charge is 2.10. The van der Waals surface area contributed by atoms with Crippen molar-refractivity contribution in [3.05, 3.63) is 35.9 Å². The van der Waals surface area contributed by atoms with E-state index in [1.165, 1.54) is 6.08 Å². The average molecular weight is 247 g/mol. The second-order valence-corrected chi connectivity index (χ2v) is 5.48. The zero-order valence-electron chi connectivity index (χ0n) is 11.3. The van der Waals surface area contributed by atoms with Crippen molar-refractivity contribution in [2.75, 3.05) is 12.3 Å². The Balaban J connectivity index is 2.38. The predicted molar refractivity (Wildman–Crippen MR) is 74.9 cm³/mol. The molecule has 3 heteroatoms. The molecule has 0 aliphatic heterocycles. The van der Waals surface area contributed by atoms with Gasteiger partial charge in [0.1, 0.15) is 0 Å².